The molecule has 1 aromatic rings. The number of nitrogens with zero attached hydrogens (tertiary/aromatic N) is 1. The quantitative estimate of drug-likeness (QED) is 0.900. The van der Waals surface area contributed by atoms with Gasteiger partial charge in [0.2, 0.25) is 0 Å². The van der Waals surface area contributed by atoms with Crippen molar-refractivity contribution in [2.45, 2.75) is 37.7 Å². The molecule has 1 N–H and O–H groups in total. The van der Waals surface area contributed by atoms with Crippen molar-refractivity contribution in [2.75, 3.05) is 11.4 Å². The molecule has 1 aromatic carbocycles. The van der Waals surface area contributed by atoms with Gasteiger partial charge in [-0.2, -0.15) is 0 Å². The molecule has 2 fully saturated rings. The zero-order chi connectivity index (χ0) is 14.2. The van der Waals surface area contributed by atoms with E-state index in [1.54, 1.807) is 18.2 Å². The largest absolute Gasteiger partial charge is 0.478 e. The fourth-order valence-electron chi connectivity index (χ4n) is 3.15. The van der Waals surface area contributed by atoms with E-state index in [9.17, 15) is 14.7 Å². The molecule has 0 unspecified atom stereocenters. The van der Waals surface area contributed by atoms with Gasteiger partial charge >= 0.3 is 12.1 Å². The maximum absolute atomic E-state index is 12.1. The van der Waals surface area contributed by atoms with E-state index in [0.717, 1.165) is 25.7 Å². The SMILES string of the molecule is O=C(O)c1ccccc1N1CC2(CCCCC2)OC1=O. The summed E-state index contributed by atoms with van der Waals surface area (Å²) in [6.45, 7) is 0.454. The van der Waals surface area contributed by atoms with Gasteiger partial charge in [-0.25, -0.2) is 9.59 Å². The van der Waals surface area contributed by atoms with E-state index in [1.165, 1.54) is 17.4 Å². The molecule has 0 atom stereocenters. The highest BCUT2D eigenvalue weighted by Gasteiger charge is 2.46. The minimum atomic E-state index is -1.03. The Bertz CT molecular complexity index is 549. The summed E-state index contributed by atoms with van der Waals surface area (Å²) >= 11 is 0. The van der Waals surface area contributed by atoms with Gasteiger partial charge in [-0.05, 0) is 37.8 Å². The molecule has 1 heterocycles. The summed E-state index contributed by atoms with van der Waals surface area (Å²) in [5, 5.41) is 9.24. The van der Waals surface area contributed by atoms with Gasteiger partial charge < -0.3 is 9.84 Å². The van der Waals surface area contributed by atoms with Crippen LogP contribution in [0.1, 0.15) is 42.5 Å². The number of anilines is 1. The lowest BCUT2D eigenvalue weighted by molar-refractivity contribution is 0.0260. The van der Waals surface area contributed by atoms with Gasteiger partial charge in [0, 0.05) is 0 Å². The van der Waals surface area contributed by atoms with Gasteiger partial charge in [-0.15, -0.1) is 0 Å². The van der Waals surface area contributed by atoms with Crippen molar-refractivity contribution in [3.05, 3.63) is 29.8 Å². The molecule has 0 aromatic heterocycles. The summed E-state index contributed by atoms with van der Waals surface area (Å²) in [4.78, 5) is 24.9. The van der Waals surface area contributed by atoms with E-state index < -0.39 is 17.7 Å². The van der Waals surface area contributed by atoms with Crippen LogP contribution in [0.4, 0.5) is 10.5 Å². The van der Waals surface area contributed by atoms with Crippen LogP contribution in [-0.2, 0) is 4.74 Å². The fourth-order valence-corrected chi connectivity index (χ4v) is 3.15. The highest BCUT2D eigenvalue weighted by Crippen LogP contribution is 2.39. The van der Waals surface area contributed by atoms with Crippen molar-refractivity contribution in [3.8, 4) is 0 Å². The monoisotopic (exact) mass is 275 g/mol. The topological polar surface area (TPSA) is 66.8 Å². The lowest BCUT2D eigenvalue weighted by atomic mass is 9.85. The van der Waals surface area contributed by atoms with Crippen molar-refractivity contribution in [1.82, 2.24) is 0 Å². The Labute approximate surface area is 117 Å². The Morgan fingerprint density at radius 2 is 1.90 bits per heavy atom. The first-order valence-electron chi connectivity index (χ1n) is 6.94. The van der Waals surface area contributed by atoms with Crippen molar-refractivity contribution >= 4 is 17.7 Å². The van der Waals surface area contributed by atoms with E-state index in [0.29, 0.717) is 12.2 Å². The molecule has 1 aliphatic carbocycles. The number of amides is 1. The molecule has 1 saturated heterocycles. The van der Waals surface area contributed by atoms with Crippen LogP contribution >= 0.6 is 0 Å². The minimum Gasteiger partial charge on any atom is -0.478 e. The first-order valence-corrected chi connectivity index (χ1v) is 6.94. The molecule has 0 bridgehead atoms. The average molecular weight is 275 g/mol. The van der Waals surface area contributed by atoms with Gasteiger partial charge in [0.1, 0.15) is 5.60 Å². The number of carbonyl (C=O) groups excluding carboxylic acids is 1. The fraction of sp³-hybridized carbons (Fsp3) is 0.467. The van der Waals surface area contributed by atoms with E-state index >= 15 is 0 Å². The van der Waals surface area contributed by atoms with Gasteiger partial charge in [0.25, 0.3) is 0 Å². The number of hydrogen-bond donors (Lipinski definition) is 1. The number of para-hydroxylation sites is 1. The molecule has 2 aliphatic rings. The third-order valence-electron chi connectivity index (χ3n) is 4.16. The second-order valence-electron chi connectivity index (χ2n) is 5.52. The van der Waals surface area contributed by atoms with Crippen LogP contribution in [0.25, 0.3) is 0 Å². The number of carboxylic acids is 1. The zero-order valence-electron chi connectivity index (χ0n) is 11.2. The molecule has 1 aliphatic heterocycles. The normalized spacial score (nSPS) is 21.0. The Morgan fingerprint density at radius 1 is 1.20 bits per heavy atom. The summed E-state index contributed by atoms with van der Waals surface area (Å²) in [6.07, 6.45) is 4.59. The third-order valence-corrected chi connectivity index (χ3v) is 4.16. The lowest BCUT2D eigenvalue weighted by Crippen LogP contribution is -2.36. The second kappa shape index (κ2) is 4.81. The Kier molecular flexibility index (Phi) is 3.12. The van der Waals surface area contributed by atoms with Gasteiger partial charge in [-0.1, -0.05) is 18.6 Å². The molecular formula is C15H17NO4. The van der Waals surface area contributed by atoms with Crippen molar-refractivity contribution in [3.63, 3.8) is 0 Å². The number of hydrogen-bond acceptors (Lipinski definition) is 3. The molecule has 5 nitrogen and oxygen atoms in total. The molecule has 1 amide bonds. The minimum absolute atomic E-state index is 0.136. The molecule has 1 saturated carbocycles. The Morgan fingerprint density at radius 3 is 2.60 bits per heavy atom. The van der Waals surface area contributed by atoms with Gasteiger partial charge in [-0.3, -0.25) is 4.90 Å². The van der Waals surface area contributed by atoms with Crippen molar-refractivity contribution in [1.29, 1.82) is 0 Å². The maximum Gasteiger partial charge on any atom is 0.415 e. The number of carboxylic acid groups (broad SMARTS) is 1. The standard InChI is InChI=1S/C15H17NO4/c17-13(18)11-6-2-3-7-12(11)16-10-15(20-14(16)19)8-4-1-5-9-15/h2-3,6-7H,1,4-5,8-10H2,(H,17,18). The number of ether oxygens (including phenoxy) is 1. The number of aromatic carboxylic acids is 1. The van der Waals surface area contributed by atoms with E-state index in [2.05, 4.69) is 0 Å². The molecule has 1 spiro atoms. The van der Waals surface area contributed by atoms with E-state index in [4.69, 9.17) is 4.74 Å². The zero-order valence-corrected chi connectivity index (χ0v) is 11.2. The highest BCUT2D eigenvalue weighted by atomic mass is 16.6. The summed E-state index contributed by atoms with van der Waals surface area (Å²) in [5.41, 5.74) is 0.144. The second-order valence-corrected chi connectivity index (χ2v) is 5.52. The molecule has 5 heteroatoms. The maximum atomic E-state index is 12.1. The lowest BCUT2D eigenvalue weighted by Gasteiger charge is -2.30. The summed E-state index contributed by atoms with van der Waals surface area (Å²) in [5.74, 6) is -1.03. The first kappa shape index (κ1) is 13.0. The van der Waals surface area contributed by atoms with Crippen LogP contribution in [0.3, 0.4) is 0 Å². The van der Waals surface area contributed by atoms with E-state index in [1.807, 2.05) is 0 Å². The molecule has 106 valence electrons. The van der Waals surface area contributed by atoms with Gasteiger partial charge in [0.15, 0.2) is 0 Å². The first-order chi connectivity index (χ1) is 9.61. The van der Waals surface area contributed by atoms with Crippen LogP contribution in [0.15, 0.2) is 24.3 Å². The molecular weight excluding hydrogens is 258 g/mol. The third kappa shape index (κ3) is 2.13. The highest BCUT2D eigenvalue weighted by molar-refractivity contribution is 6.00. The number of benzene rings is 1. The average Bonchev–Trinajstić information content (AvgIpc) is 2.76. The Balaban J connectivity index is 1.91. The molecule has 3 rings (SSSR count). The van der Waals surface area contributed by atoms with Crippen LogP contribution in [0.2, 0.25) is 0 Å². The van der Waals surface area contributed by atoms with Crippen LogP contribution in [-0.4, -0.2) is 29.3 Å². The van der Waals surface area contributed by atoms with Crippen LogP contribution in [0.5, 0.6) is 0 Å². The summed E-state index contributed by atoms with van der Waals surface area (Å²) in [6, 6.07) is 6.56. The van der Waals surface area contributed by atoms with Gasteiger partial charge in [0.05, 0.1) is 17.8 Å². The number of rotatable bonds is 2. The van der Waals surface area contributed by atoms with Crippen molar-refractivity contribution in [2.24, 2.45) is 0 Å². The van der Waals surface area contributed by atoms with E-state index in [-0.39, 0.29) is 5.56 Å². The number of carbonyl (C=O) groups is 2. The molecule has 20 heavy (non-hydrogen) atoms. The van der Waals surface area contributed by atoms with Crippen LogP contribution in [0, 0.1) is 0 Å². The summed E-state index contributed by atoms with van der Waals surface area (Å²) < 4.78 is 5.59. The van der Waals surface area contributed by atoms with Crippen molar-refractivity contribution < 1.29 is 19.4 Å². The predicted molar refractivity (Wildman–Crippen MR) is 73.0 cm³/mol. The smallest absolute Gasteiger partial charge is 0.415 e. The Hall–Kier alpha value is -2.04. The predicted octanol–water partition coefficient (Wildman–Crippen LogP) is 3.04. The molecule has 0 radical (unpaired) electrons. The van der Waals surface area contributed by atoms with Crippen LogP contribution < -0.4 is 4.90 Å². The summed E-state index contributed by atoms with van der Waals surface area (Å²) in [7, 11) is 0.